The van der Waals surface area contributed by atoms with Crippen molar-refractivity contribution in [2.45, 2.75) is 65.4 Å². The van der Waals surface area contributed by atoms with Gasteiger partial charge in [-0.25, -0.2) is 0 Å². The van der Waals surface area contributed by atoms with E-state index in [1.807, 2.05) is 6.92 Å². The molecule has 0 saturated heterocycles. The van der Waals surface area contributed by atoms with Gasteiger partial charge in [-0.15, -0.1) is 0 Å². The standard InChI is InChI=1S/C13H29NO/c1-4-7-8-12(5-2)11-14-10-9-13(15)6-3/h12-15H,4-11H2,1-3H3. The first-order chi connectivity index (χ1) is 7.24. The van der Waals surface area contributed by atoms with E-state index in [0.717, 1.165) is 31.8 Å². The second-order valence-electron chi connectivity index (χ2n) is 4.47. The van der Waals surface area contributed by atoms with Gasteiger partial charge < -0.3 is 10.4 Å². The minimum Gasteiger partial charge on any atom is -0.393 e. The number of hydrogen-bond acceptors (Lipinski definition) is 2. The molecular weight excluding hydrogens is 186 g/mol. The third-order valence-corrected chi connectivity index (χ3v) is 3.10. The summed E-state index contributed by atoms with van der Waals surface area (Å²) in [5.74, 6) is 0.823. The quantitative estimate of drug-likeness (QED) is 0.549. The zero-order valence-electron chi connectivity index (χ0n) is 10.8. The molecule has 2 nitrogen and oxygen atoms in total. The topological polar surface area (TPSA) is 32.3 Å². The zero-order chi connectivity index (χ0) is 11.5. The van der Waals surface area contributed by atoms with Crippen LogP contribution in [0.5, 0.6) is 0 Å². The van der Waals surface area contributed by atoms with Crippen LogP contribution in [0.2, 0.25) is 0 Å². The van der Waals surface area contributed by atoms with Gasteiger partial charge in [0.05, 0.1) is 6.10 Å². The van der Waals surface area contributed by atoms with Crippen LogP contribution in [0.25, 0.3) is 0 Å². The lowest BCUT2D eigenvalue weighted by Crippen LogP contribution is -2.26. The highest BCUT2D eigenvalue weighted by atomic mass is 16.3. The molecule has 0 aliphatic carbocycles. The second kappa shape index (κ2) is 10.4. The summed E-state index contributed by atoms with van der Waals surface area (Å²) in [6.45, 7) is 8.62. The van der Waals surface area contributed by atoms with E-state index in [1.54, 1.807) is 0 Å². The summed E-state index contributed by atoms with van der Waals surface area (Å²) in [5.41, 5.74) is 0. The number of aliphatic hydroxyl groups excluding tert-OH is 1. The van der Waals surface area contributed by atoms with E-state index in [0.29, 0.717) is 0 Å². The maximum absolute atomic E-state index is 9.38. The fraction of sp³-hybridized carbons (Fsp3) is 1.00. The molecule has 92 valence electrons. The van der Waals surface area contributed by atoms with E-state index in [4.69, 9.17) is 0 Å². The van der Waals surface area contributed by atoms with Gasteiger partial charge in [0.15, 0.2) is 0 Å². The molecule has 2 N–H and O–H groups in total. The van der Waals surface area contributed by atoms with Gasteiger partial charge >= 0.3 is 0 Å². The largest absolute Gasteiger partial charge is 0.393 e. The van der Waals surface area contributed by atoms with Crippen molar-refractivity contribution in [2.24, 2.45) is 5.92 Å². The van der Waals surface area contributed by atoms with Gasteiger partial charge in [-0.2, -0.15) is 0 Å². The molecule has 2 unspecified atom stereocenters. The van der Waals surface area contributed by atoms with Crippen LogP contribution >= 0.6 is 0 Å². The van der Waals surface area contributed by atoms with Gasteiger partial charge in [0.25, 0.3) is 0 Å². The number of aliphatic hydroxyl groups is 1. The summed E-state index contributed by atoms with van der Waals surface area (Å²) < 4.78 is 0. The number of rotatable bonds is 10. The minimum atomic E-state index is -0.117. The summed E-state index contributed by atoms with van der Waals surface area (Å²) in [6, 6.07) is 0. The molecule has 0 aromatic carbocycles. The zero-order valence-corrected chi connectivity index (χ0v) is 10.8. The lowest BCUT2D eigenvalue weighted by Gasteiger charge is -2.16. The van der Waals surface area contributed by atoms with Crippen LogP contribution in [0.1, 0.15) is 59.3 Å². The molecule has 0 aromatic heterocycles. The average Bonchev–Trinajstić information content (AvgIpc) is 2.27. The summed E-state index contributed by atoms with van der Waals surface area (Å²) in [5, 5.41) is 12.8. The fourth-order valence-electron chi connectivity index (χ4n) is 1.72. The highest BCUT2D eigenvalue weighted by Gasteiger charge is 2.05. The molecule has 0 rings (SSSR count). The monoisotopic (exact) mass is 215 g/mol. The molecule has 2 heteroatoms. The van der Waals surface area contributed by atoms with E-state index in [2.05, 4.69) is 19.2 Å². The maximum atomic E-state index is 9.38. The van der Waals surface area contributed by atoms with Crippen molar-refractivity contribution in [2.75, 3.05) is 13.1 Å². The smallest absolute Gasteiger partial charge is 0.0549 e. The lowest BCUT2D eigenvalue weighted by atomic mass is 9.99. The fourth-order valence-corrected chi connectivity index (χ4v) is 1.72. The second-order valence-corrected chi connectivity index (χ2v) is 4.47. The Hall–Kier alpha value is -0.0800. The predicted octanol–water partition coefficient (Wildman–Crippen LogP) is 2.95. The highest BCUT2D eigenvalue weighted by Crippen LogP contribution is 2.11. The van der Waals surface area contributed by atoms with Crippen molar-refractivity contribution in [1.82, 2.24) is 5.32 Å². The third-order valence-electron chi connectivity index (χ3n) is 3.10. The molecule has 0 aliphatic rings. The van der Waals surface area contributed by atoms with Crippen LogP contribution in [0, 0.1) is 5.92 Å². The SMILES string of the molecule is CCCCC(CC)CNCCC(O)CC. The Labute approximate surface area is 95.5 Å². The lowest BCUT2D eigenvalue weighted by molar-refractivity contribution is 0.159. The normalized spacial score (nSPS) is 15.2. The maximum Gasteiger partial charge on any atom is 0.0549 e. The highest BCUT2D eigenvalue weighted by molar-refractivity contribution is 4.62. The van der Waals surface area contributed by atoms with Crippen molar-refractivity contribution >= 4 is 0 Å². The van der Waals surface area contributed by atoms with Gasteiger partial charge in [0, 0.05) is 0 Å². The van der Waals surface area contributed by atoms with Crippen LogP contribution in [0.15, 0.2) is 0 Å². The summed E-state index contributed by atoms with van der Waals surface area (Å²) >= 11 is 0. The van der Waals surface area contributed by atoms with Crippen LogP contribution < -0.4 is 5.32 Å². The van der Waals surface area contributed by atoms with Crippen molar-refractivity contribution in [3.63, 3.8) is 0 Å². The van der Waals surface area contributed by atoms with E-state index in [9.17, 15) is 5.11 Å². The molecular formula is C13H29NO. The predicted molar refractivity (Wildman–Crippen MR) is 67.1 cm³/mol. The molecule has 0 aliphatic heterocycles. The first kappa shape index (κ1) is 14.9. The molecule has 0 spiro atoms. The third kappa shape index (κ3) is 8.88. The minimum absolute atomic E-state index is 0.117. The van der Waals surface area contributed by atoms with Crippen molar-refractivity contribution < 1.29 is 5.11 Å². The van der Waals surface area contributed by atoms with E-state index >= 15 is 0 Å². The number of hydrogen-bond donors (Lipinski definition) is 2. The van der Waals surface area contributed by atoms with Crippen LogP contribution in [0.3, 0.4) is 0 Å². The Morgan fingerprint density at radius 3 is 2.33 bits per heavy atom. The Morgan fingerprint density at radius 1 is 1.07 bits per heavy atom. The van der Waals surface area contributed by atoms with Crippen molar-refractivity contribution in [3.8, 4) is 0 Å². The molecule has 0 radical (unpaired) electrons. The van der Waals surface area contributed by atoms with E-state index in [-0.39, 0.29) is 6.10 Å². The Balaban J connectivity index is 3.37. The first-order valence-corrected chi connectivity index (χ1v) is 6.63. The molecule has 0 bridgehead atoms. The molecule has 0 heterocycles. The van der Waals surface area contributed by atoms with Crippen LogP contribution in [0.4, 0.5) is 0 Å². The van der Waals surface area contributed by atoms with E-state index in [1.165, 1.54) is 25.7 Å². The molecule has 0 aromatic rings. The Bertz CT molecular complexity index is 128. The Morgan fingerprint density at radius 2 is 1.80 bits per heavy atom. The summed E-state index contributed by atoms with van der Waals surface area (Å²) in [4.78, 5) is 0. The van der Waals surface area contributed by atoms with Gasteiger partial charge in [-0.05, 0) is 38.3 Å². The van der Waals surface area contributed by atoms with Crippen molar-refractivity contribution in [1.29, 1.82) is 0 Å². The van der Waals surface area contributed by atoms with Crippen LogP contribution in [-0.2, 0) is 0 Å². The number of unbranched alkanes of at least 4 members (excludes halogenated alkanes) is 1. The molecule has 0 amide bonds. The molecule has 2 atom stereocenters. The van der Waals surface area contributed by atoms with Gasteiger partial charge in [-0.3, -0.25) is 0 Å². The molecule has 0 saturated carbocycles. The number of nitrogens with one attached hydrogen (secondary N) is 1. The molecule has 0 fully saturated rings. The summed E-state index contributed by atoms with van der Waals surface area (Å²) in [6.07, 6.45) is 6.89. The van der Waals surface area contributed by atoms with Crippen molar-refractivity contribution in [3.05, 3.63) is 0 Å². The molecule has 15 heavy (non-hydrogen) atoms. The Kier molecular flexibility index (Phi) is 10.4. The van der Waals surface area contributed by atoms with Crippen LogP contribution in [-0.4, -0.2) is 24.3 Å². The summed E-state index contributed by atoms with van der Waals surface area (Å²) in [7, 11) is 0. The van der Waals surface area contributed by atoms with Gasteiger partial charge in [0.2, 0.25) is 0 Å². The van der Waals surface area contributed by atoms with Gasteiger partial charge in [0.1, 0.15) is 0 Å². The van der Waals surface area contributed by atoms with E-state index < -0.39 is 0 Å². The average molecular weight is 215 g/mol. The van der Waals surface area contributed by atoms with Gasteiger partial charge in [-0.1, -0.05) is 40.0 Å². The first-order valence-electron chi connectivity index (χ1n) is 6.63.